The standard InChI is InChI=1S/C10H16BrNOS/c1-10(12,3-4-13-2)6-9-5-8(11)7-14-9/h5,7H,3-4,6,12H2,1-2H3. The van der Waals surface area contributed by atoms with Crippen LogP contribution < -0.4 is 5.73 Å². The molecule has 1 rings (SSSR count). The molecule has 2 nitrogen and oxygen atoms in total. The largest absolute Gasteiger partial charge is 0.385 e. The molecule has 0 saturated carbocycles. The molecular weight excluding hydrogens is 262 g/mol. The van der Waals surface area contributed by atoms with Gasteiger partial charge in [-0.3, -0.25) is 0 Å². The average Bonchev–Trinajstić information content (AvgIpc) is 2.47. The van der Waals surface area contributed by atoms with E-state index in [0.29, 0.717) is 0 Å². The van der Waals surface area contributed by atoms with Gasteiger partial charge in [0.15, 0.2) is 0 Å². The second-order valence-corrected chi connectivity index (χ2v) is 5.72. The van der Waals surface area contributed by atoms with Gasteiger partial charge in [0.2, 0.25) is 0 Å². The maximum atomic E-state index is 6.16. The fraction of sp³-hybridized carbons (Fsp3) is 0.600. The molecule has 0 fully saturated rings. The fourth-order valence-corrected chi connectivity index (χ4v) is 2.92. The van der Waals surface area contributed by atoms with E-state index in [1.807, 2.05) is 0 Å². The number of nitrogens with two attached hydrogens (primary N) is 1. The zero-order valence-electron chi connectivity index (χ0n) is 8.55. The Bertz CT molecular complexity index is 285. The molecule has 1 atom stereocenters. The summed E-state index contributed by atoms with van der Waals surface area (Å²) < 4.78 is 6.17. The molecule has 14 heavy (non-hydrogen) atoms. The summed E-state index contributed by atoms with van der Waals surface area (Å²) in [5, 5.41) is 2.09. The van der Waals surface area contributed by atoms with Crippen LogP contribution in [0.3, 0.4) is 0 Å². The minimum Gasteiger partial charge on any atom is -0.385 e. The SMILES string of the molecule is COCCC(C)(N)Cc1cc(Br)cs1. The number of hydrogen-bond acceptors (Lipinski definition) is 3. The van der Waals surface area contributed by atoms with E-state index in [9.17, 15) is 0 Å². The molecule has 0 aliphatic rings. The minimum atomic E-state index is -0.166. The molecule has 0 saturated heterocycles. The van der Waals surface area contributed by atoms with Crippen molar-refractivity contribution in [1.29, 1.82) is 0 Å². The lowest BCUT2D eigenvalue weighted by molar-refractivity contribution is 0.172. The van der Waals surface area contributed by atoms with Gasteiger partial charge in [0.25, 0.3) is 0 Å². The van der Waals surface area contributed by atoms with Crippen LogP contribution in [0.1, 0.15) is 18.2 Å². The monoisotopic (exact) mass is 277 g/mol. The van der Waals surface area contributed by atoms with Gasteiger partial charge in [-0.25, -0.2) is 0 Å². The zero-order valence-corrected chi connectivity index (χ0v) is 11.0. The Balaban J connectivity index is 2.49. The molecule has 0 aromatic carbocycles. The smallest absolute Gasteiger partial charge is 0.0479 e. The highest BCUT2D eigenvalue weighted by Crippen LogP contribution is 2.24. The Morgan fingerprint density at radius 2 is 2.36 bits per heavy atom. The van der Waals surface area contributed by atoms with Crippen LogP contribution in [0.2, 0.25) is 0 Å². The maximum absolute atomic E-state index is 6.16. The Hall–Kier alpha value is 0.1000. The Kier molecular flexibility index (Phi) is 4.57. The highest BCUT2D eigenvalue weighted by molar-refractivity contribution is 9.10. The summed E-state index contributed by atoms with van der Waals surface area (Å²) in [5.41, 5.74) is 5.99. The summed E-state index contributed by atoms with van der Waals surface area (Å²) in [6.45, 7) is 2.79. The van der Waals surface area contributed by atoms with Crippen molar-refractivity contribution in [1.82, 2.24) is 0 Å². The summed E-state index contributed by atoms with van der Waals surface area (Å²) in [7, 11) is 1.71. The van der Waals surface area contributed by atoms with Gasteiger partial charge in [0.05, 0.1) is 0 Å². The third-order valence-corrected chi connectivity index (χ3v) is 3.77. The zero-order chi connectivity index (χ0) is 10.6. The van der Waals surface area contributed by atoms with Crippen LogP contribution in [0, 0.1) is 0 Å². The summed E-state index contributed by atoms with van der Waals surface area (Å²) in [4.78, 5) is 1.32. The van der Waals surface area contributed by atoms with Gasteiger partial charge in [-0.15, -0.1) is 11.3 Å². The van der Waals surface area contributed by atoms with E-state index in [0.717, 1.165) is 23.9 Å². The number of ether oxygens (including phenoxy) is 1. The van der Waals surface area contributed by atoms with E-state index < -0.39 is 0 Å². The summed E-state index contributed by atoms with van der Waals surface area (Å²) in [6.07, 6.45) is 1.80. The van der Waals surface area contributed by atoms with Gasteiger partial charge in [-0.1, -0.05) is 0 Å². The van der Waals surface area contributed by atoms with E-state index >= 15 is 0 Å². The molecule has 1 heterocycles. The molecule has 0 spiro atoms. The number of rotatable bonds is 5. The van der Waals surface area contributed by atoms with Crippen molar-refractivity contribution in [3.63, 3.8) is 0 Å². The van der Waals surface area contributed by atoms with Crippen LogP contribution in [0.5, 0.6) is 0 Å². The molecule has 0 amide bonds. The fourth-order valence-electron chi connectivity index (χ4n) is 1.27. The van der Waals surface area contributed by atoms with E-state index in [2.05, 4.69) is 34.3 Å². The molecule has 1 aromatic heterocycles. The first kappa shape index (κ1) is 12.2. The van der Waals surface area contributed by atoms with E-state index in [4.69, 9.17) is 10.5 Å². The second-order valence-electron chi connectivity index (χ2n) is 3.80. The van der Waals surface area contributed by atoms with Gasteiger partial charge >= 0.3 is 0 Å². The second kappa shape index (κ2) is 5.26. The first-order chi connectivity index (χ1) is 6.53. The minimum absolute atomic E-state index is 0.166. The third-order valence-electron chi connectivity index (χ3n) is 2.08. The van der Waals surface area contributed by atoms with Gasteiger partial charge in [0, 0.05) is 34.0 Å². The van der Waals surface area contributed by atoms with Gasteiger partial charge in [-0.05, 0) is 41.8 Å². The first-order valence-corrected chi connectivity index (χ1v) is 6.21. The molecule has 80 valence electrons. The number of thiophene rings is 1. The maximum Gasteiger partial charge on any atom is 0.0479 e. The van der Waals surface area contributed by atoms with Crippen molar-refractivity contribution in [2.75, 3.05) is 13.7 Å². The predicted molar refractivity (Wildman–Crippen MR) is 64.8 cm³/mol. The molecule has 4 heteroatoms. The summed E-state index contributed by atoms with van der Waals surface area (Å²) >= 11 is 5.18. The van der Waals surface area contributed by atoms with Crippen molar-refractivity contribution in [3.05, 3.63) is 20.8 Å². The molecule has 0 radical (unpaired) electrons. The molecule has 0 aliphatic carbocycles. The lowest BCUT2D eigenvalue weighted by Gasteiger charge is -2.23. The van der Waals surface area contributed by atoms with Crippen LogP contribution in [0.4, 0.5) is 0 Å². The van der Waals surface area contributed by atoms with Crippen molar-refractivity contribution < 1.29 is 4.74 Å². The number of halogens is 1. The lowest BCUT2D eigenvalue weighted by Crippen LogP contribution is -2.39. The van der Waals surface area contributed by atoms with Crippen molar-refractivity contribution >= 4 is 27.3 Å². The van der Waals surface area contributed by atoms with Crippen LogP contribution in [-0.2, 0) is 11.2 Å². The van der Waals surface area contributed by atoms with Crippen molar-refractivity contribution in [2.45, 2.75) is 25.3 Å². The third kappa shape index (κ3) is 4.09. The van der Waals surface area contributed by atoms with E-state index in [1.165, 1.54) is 4.88 Å². The Morgan fingerprint density at radius 3 is 2.86 bits per heavy atom. The van der Waals surface area contributed by atoms with E-state index in [1.54, 1.807) is 18.4 Å². The number of methoxy groups -OCH3 is 1. The first-order valence-electron chi connectivity index (χ1n) is 4.54. The van der Waals surface area contributed by atoms with Gasteiger partial charge in [-0.2, -0.15) is 0 Å². The highest BCUT2D eigenvalue weighted by atomic mass is 79.9. The average molecular weight is 278 g/mol. The highest BCUT2D eigenvalue weighted by Gasteiger charge is 2.19. The lowest BCUT2D eigenvalue weighted by atomic mass is 9.95. The van der Waals surface area contributed by atoms with Gasteiger partial charge < -0.3 is 10.5 Å². The van der Waals surface area contributed by atoms with Crippen LogP contribution in [0.15, 0.2) is 15.9 Å². The van der Waals surface area contributed by atoms with E-state index in [-0.39, 0.29) is 5.54 Å². The molecule has 0 aliphatic heterocycles. The Labute approximate surface area is 97.6 Å². The number of hydrogen-bond donors (Lipinski definition) is 1. The molecular formula is C10H16BrNOS. The van der Waals surface area contributed by atoms with Crippen LogP contribution >= 0.6 is 27.3 Å². The summed E-state index contributed by atoms with van der Waals surface area (Å²) in [6, 6.07) is 2.13. The molecule has 2 N–H and O–H groups in total. The van der Waals surface area contributed by atoms with Crippen LogP contribution in [-0.4, -0.2) is 19.3 Å². The molecule has 0 bridgehead atoms. The Morgan fingerprint density at radius 1 is 1.64 bits per heavy atom. The van der Waals surface area contributed by atoms with Crippen molar-refractivity contribution in [3.8, 4) is 0 Å². The quantitative estimate of drug-likeness (QED) is 0.899. The topological polar surface area (TPSA) is 35.2 Å². The molecule has 1 aromatic rings. The van der Waals surface area contributed by atoms with Crippen molar-refractivity contribution in [2.24, 2.45) is 5.73 Å². The van der Waals surface area contributed by atoms with Crippen LogP contribution in [0.25, 0.3) is 0 Å². The summed E-state index contributed by atoms with van der Waals surface area (Å²) in [5.74, 6) is 0. The predicted octanol–water partition coefficient (Wildman–Crippen LogP) is 2.81. The molecule has 1 unspecified atom stereocenters. The van der Waals surface area contributed by atoms with Gasteiger partial charge in [0.1, 0.15) is 0 Å². The normalized spacial score (nSPS) is 15.4.